The van der Waals surface area contributed by atoms with Gasteiger partial charge in [-0.3, -0.25) is 14.4 Å². The Labute approximate surface area is 240 Å². The summed E-state index contributed by atoms with van der Waals surface area (Å²) in [7, 11) is 0. The maximum atomic E-state index is 14.0. The van der Waals surface area contributed by atoms with E-state index in [-0.39, 0.29) is 41.1 Å². The van der Waals surface area contributed by atoms with Crippen molar-refractivity contribution in [3.05, 3.63) is 69.8 Å². The highest BCUT2D eigenvalue weighted by atomic mass is 16.6. The number of allylic oxidation sites excluding steroid dienone is 7. The zero-order valence-electron chi connectivity index (χ0n) is 25.0. The van der Waals surface area contributed by atoms with Gasteiger partial charge in [0.1, 0.15) is 11.2 Å². The third-order valence-electron chi connectivity index (χ3n) is 8.79. The van der Waals surface area contributed by atoms with Crippen LogP contribution in [-0.4, -0.2) is 50.8 Å². The van der Waals surface area contributed by atoms with Gasteiger partial charge in [0.2, 0.25) is 0 Å². The van der Waals surface area contributed by atoms with Crippen LogP contribution in [0.5, 0.6) is 0 Å². The number of carbonyl (C=O) groups is 4. The van der Waals surface area contributed by atoms with Crippen LogP contribution in [0.3, 0.4) is 0 Å². The van der Waals surface area contributed by atoms with Gasteiger partial charge in [-0.1, -0.05) is 29.4 Å². The molecular weight excluding hydrogens is 524 g/mol. The van der Waals surface area contributed by atoms with Gasteiger partial charge in [-0.15, -0.1) is 0 Å². The molecule has 4 aliphatic carbocycles. The fourth-order valence-electron chi connectivity index (χ4n) is 6.79. The van der Waals surface area contributed by atoms with Gasteiger partial charge in [-0.25, -0.2) is 4.79 Å². The molecule has 0 aromatic carbocycles. The monoisotopic (exact) mass is 562 g/mol. The van der Waals surface area contributed by atoms with Crippen molar-refractivity contribution in [2.24, 2.45) is 11.8 Å². The van der Waals surface area contributed by atoms with Crippen molar-refractivity contribution in [3.8, 4) is 0 Å². The summed E-state index contributed by atoms with van der Waals surface area (Å²) in [5, 5.41) is 12.4. The maximum absolute atomic E-state index is 14.0. The average Bonchev–Trinajstić information content (AvgIpc) is 3.00. The lowest BCUT2D eigenvalue weighted by Gasteiger charge is -2.51. The zero-order valence-corrected chi connectivity index (χ0v) is 25.0. The fourth-order valence-corrected chi connectivity index (χ4v) is 6.79. The minimum Gasteiger partial charge on any atom is -0.479 e. The first-order valence-electron chi connectivity index (χ1n) is 14.1. The molecule has 0 radical (unpaired) electrons. The number of esters is 1. The number of carbonyl (C=O) groups excluding carboxylic acids is 4. The third kappa shape index (κ3) is 4.26. The van der Waals surface area contributed by atoms with Crippen molar-refractivity contribution in [2.75, 3.05) is 0 Å². The summed E-state index contributed by atoms with van der Waals surface area (Å²) in [6, 6.07) is 0. The summed E-state index contributed by atoms with van der Waals surface area (Å²) in [6.45, 7) is 14.6. The van der Waals surface area contributed by atoms with E-state index >= 15 is 0 Å². The second-order valence-corrected chi connectivity index (χ2v) is 13.2. The Balaban J connectivity index is 1.58. The van der Waals surface area contributed by atoms with Crippen LogP contribution in [0.1, 0.15) is 74.7 Å². The second-order valence-electron chi connectivity index (χ2n) is 13.2. The molecule has 0 aromatic heterocycles. The summed E-state index contributed by atoms with van der Waals surface area (Å²) in [5.74, 6) is -4.28. The molecule has 8 heteroatoms. The van der Waals surface area contributed by atoms with E-state index in [0.29, 0.717) is 6.42 Å². The lowest BCUT2D eigenvalue weighted by Crippen LogP contribution is -2.68. The van der Waals surface area contributed by atoms with Gasteiger partial charge in [0, 0.05) is 18.3 Å². The molecule has 6 rings (SSSR count). The van der Waals surface area contributed by atoms with Crippen molar-refractivity contribution in [1.29, 1.82) is 0 Å². The Morgan fingerprint density at radius 3 is 2.34 bits per heavy atom. The molecule has 1 N–H and O–H groups in total. The largest absolute Gasteiger partial charge is 0.479 e. The second kappa shape index (κ2) is 9.33. The van der Waals surface area contributed by atoms with E-state index in [1.807, 2.05) is 47.6 Å². The molecule has 218 valence electrons. The topological polar surface area (TPSA) is 116 Å². The lowest BCUT2D eigenvalue weighted by atomic mass is 9.53. The first-order chi connectivity index (χ1) is 18.9. The first kappa shape index (κ1) is 29.1. The van der Waals surface area contributed by atoms with Gasteiger partial charge in [-0.2, -0.15) is 0 Å². The summed E-state index contributed by atoms with van der Waals surface area (Å²) < 4.78 is 18.0. The number of Topliss-reactive ketones (excluding diaryl/α,β-unsaturated/α-hetero) is 3. The number of rotatable bonds is 6. The van der Waals surface area contributed by atoms with Gasteiger partial charge in [0.15, 0.2) is 28.7 Å². The van der Waals surface area contributed by atoms with Crippen molar-refractivity contribution in [3.63, 3.8) is 0 Å². The predicted molar refractivity (Wildman–Crippen MR) is 150 cm³/mol. The Hall–Kier alpha value is -3.36. The van der Waals surface area contributed by atoms with Crippen LogP contribution in [0, 0.1) is 11.8 Å². The van der Waals surface area contributed by atoms with Gasteiger partial charge in [0.05, 0.1) is 22.3 Å². The van der Waals surface area contributed by atoms with Gasteiger partial charge < -0.3 is 19.3 Å². The zero-order chi connectivity index (χ0) is 30.3. The highest BCUT2D eigenvalue weighted by molar-refractivity contribution is 6.25. The van der Waals surface area contributed by atoms with Crippen LogP contribution >= 0.6 is 0 Å². The molecule has 0 aromatic rings. The SMILES string of the molecule is CC(C)=CCC1=C(OC(=O)C2=C[C@@H]3CC4C(C)(C)O[C@@](CC=C(C)C)(C3=O)[C@@]24O)C(=O)C2=C(C=CC(C)(C)O2)C1=O. The molecule has 4 bridgehead atoms. The number of hydrogen-bond acceptors (Lipinski definition) is 8. The van der Waals surface area contributed by atoms with Crippen LogP contribution in [-0.2, 0) is 33.4 Å². The third-order valence-corrected chi connectivity index (χ3v) is 8.79. The molecule has 0 amide bonds. The van der Waals surface area contributed by atoms with E-state index in [1.165, 1.54) is 6.08 Å². The van der Waals surface area contributed by atoms with Gasteiger partial charge in [0.25, 0.3) is 5.78 Å². The molecule has 2 aliphatic heterocycles. The highest BCUT2D eigenvalue weighted by Gasteiger charge is 2.78. The van der Waals surface area contributed by atoms with Crippen LogP contribution in [0.4, 0.5) is 0 Å². The minimum atomic E-state index is -1.98. The van der Waals surface area contributed by atoms with Gasteiger partial charge in [-0.05, 0) is 80.4 Å². The molecular formula is C33H38O8. The van der Waals surface area contributed by atoms with Crippen LogP contribution in [0.2, 0.25) is 0 Å². The van der Waals surface area contributed by atoms with E-state index in [9.17, 15) is 24.3 Å². The molecule has 41 heavy (non-hydrogen) atoms. The van der Waals surface area contributed by atoms with Crippen molar-refractivity contribution in [2.45, 2.75) is 97.1 Å². The average molecular weight is 563 g/mol. The minimum absolute atomic E-state index is 0.0275. The molecule has 2 fully saturated rings. The van der Waals surface area contributed by atoms with E-state index in [0.717, 1.165) is 11.1 Å². The van der Waals surface area contributed by atoms with E-state index < -0.39 is 57.5 Å². The Kier molecular flexibility index (Phi) is 6.63. The Bertz CT molecular complexity index is 1470. The quantitative estimate of drug-likeness (QED) is 0.282. The van der Waals surface area contributed by atoms with Gasteiger partial charge >= 0.3 is 5.97 Å². The summed E-state index contributed by atoms with van der Waals surface area (Å²) in [5.41, 5.74) is -3.54. The Morgan fingerprint density at radius 1 is 1.05 bits per heavy atom. The number of ketones is 3. The first-order valence-corrected chi connectivity index (χ1v) is 14.1. The number of hydrogen-bond donors (Lipinski definition) is 1. The molecule has 8 nitrogen and oxygen atoms in total. The molecule has 1 saturated heterocycles. The van der Waals surface area contributed by atoms with Crippen LogP contribution < -0.4 is 0 Å². The van der Waals surface area contributed by atoms with Crippen LogP contribution in [0.15, 0.2) is 69.8 Å². The normalized spacial score (nSPS) is 32.4. The molecule has 6 aliphatic rings. The van der Waals surface area contributed by atoms with Crippen molar-refractivity contribution in [1.82, 2.24) is 0 Å². The smallest absolute Gasteiger partial charge is 0.342 e. The molecule has 2 heterocycles. The molecule has 1 unspecified atom stereocenters. The Morgan fingerprint density at radius 2 is 1.71 bits per heavy atom. The summed E-state index contributed by atoms with van der Waals surface area (Å²) in [6.07, 6.45) is 8.80. The van der Waals surface area contributed by atoms with E-state index in [2.05, 4.69) is 0 Å². The van der Waals surface area contributed by atoms with Crippen molar-refractivity contribution >= 4 is 23.3 Å². The van der Waals surface area contributed by atoms with E-state index in [4.69, 9.17) is 14.2 Å². The molecule has 0 spiro atoms. The fraction of sp³-hybridized carbons (Fsp3) is 0.515. The summed E-state index contributed by atoms with van der Waals surface area (Å²) >= 11 is 0. The van der Waals surface area contributed by atoms with Crippen molar-refractivity contribution < 1.29 is 38.5 Å². The van der Waals surface area contributed by atoms with Crippen LogP contribution in [0.25, 0.3) is 0 Å². The summed E-state index contributed by atoms with van der Waals surface area (Å²) in [4.78, 5) is 55.0. The highest BCUT2D eigenvalue weighted by Crippen LogP contribution is 2.64. The molecule has 4 atom stereocenters. The molecule has 1 saturated carbocycles. The number of ether oxygens (including phenoxy) is 3. The lowest BCUT2D eigenvalue weighted by molar-refractivity contribution is -0.178. The predicted octanol–water partition coefficient (Wildman–Crippen LogP) is 4.69. The standard InChI is InChI=1S/C33H38O8/c1-17(2)9-10-20-24(34)21-12-13-30(5,6)40-27(21)25(35)26(20)39-29(37)22-15-19-16-23-31(7,8)41-32(28(19)36,33(22,23)38)14-11-18(3)4/h9,11-13,15,19,23,38H,10,14,16H2,1-8H3/t19-,23?,32+,33-/m1/s1. The number of aliphatic hydroxyl groups is 1. The van der Waals surface area contributed by atoms with E-state index in [1.54, 1.807) is 32.1 Å². The maximum Gasteiger partial charge on any atom is 0.342 e.